The van der Waals surface area contributed by atoms with Crippen molar-refractivity contribution in [2.24, 2.45) is 5.73 Å². The van der Waals surface area contributed by atoms with Gasteiger partial charge in [0, 0.05) is 18.3 Å². The number of nitrogens with zero attached hydrogens (tertiary/aromatic N) is 1. The Hall–Kier alpha value is -1.91. The lowest BCUT2D eigenvalue weighted by molar-refractivity contribution is 0.00783. The summed E-state index contributed by atoms with van der Waals surface area (Å²) < 4.78 is 7.91. The monoisotopic (exact) mass is 354 g/mol. The van der Waals surface area contributed by atoms with Crippen LogP contribution < -0.4 is 11.3 Å². The lowest BCUT2D eigenvalue weighted by atomic mass is 9.83. The largest absolute Gasteiger partial charge is 0.376 e. The van der Waals surface area contributed by atoms with Gasteiger partial charge in [0.05, 0.1) is 18.8 Å². The average Bonchev–Trinajstić information content (AvgIpc) is 2.70. The quantitative estimate of drug-likeness (QED) is 0.826. The third kappa shape index (κ3) is 4.43. The van der Waals surface area contributed by atoms with E-state index in [0.717, 1.165) is 37.7 Å². The predicted octanol–water partition coefficient (Wildman–Crippen LogP) is 3.65. The summed E-state index contributed by atoms with van der Waals surface area (Å²) in [5, 5.41) is 0. The SMILES string of the molecule is CCc1cccn(C(CN)COC2CCC(c3ccccc3)CC2)c1=O. The van der Waals surface area contributed by atoms with Crippen molar-refractivity contribution >= 4 is 0 Å². The van der Waals surface area contributed by atoms with Crippen LogP contribution in [0.4, 0.5) is 0 Å². The molecule has 1 aromatic heterocycles. The Morgan fingerprint density at radius 2 is 1.85 bits per heavy atom. The van der Waals surface area contributed by atoms with Crippen molar-refractivity contribution in [1.82, 2.24) is 4.57 Å². The van der Waals surface area contributed by atoms with E-state index >= 15 is 0 Å². The number of rotatable bonds is 7. The van der Waals surface area contributed by atoms with Crippen LogP contribution in [0.15, 0.2) is 53.5 Å². The van der Waals surface area contributed by atoms with E-state index < -0.39 is 0 Å². The molecule has 3 rings (SSSR count). The number of hydrogen-bond acceptors (Lipinski definition) is 3. The zero-order valence-electron chi connectivity index (χ0n) is 15.6. The molecule has 4 heteroatoms. The molecule has 1 aromatic carbocycles. The number of hydrogen-bond donors (Lipinski definition) is 1. The van der Waals surface area contributed by atoms with E-state index in [1.165, 1.54) is 5.56 Å². The average molecular weight is 354 g/mol. The van der Waals surface area contributed by atoms with Crippen molar-refractivity contribution in [2.45, 2.75) is 57.1 Å². The first-order chi connectivity index (χ1) is 12.7. The fourth-order valence-corrected chi connectivity index (χ4v) is 3.91. The van der Waals surface area contributed by atoms with E-state index in [2.05, 4.69) is 30.3 Å². The number of benzene rings is 1. The van der Waals surface area contributed by atoms with Gasteiger partial charge in [-0.15, -0.1) is 0 Å². The third-order valence-electron chi connectivity index (χ3n) is 5.57. The van der Waals surface area contributed by atoms with Crippen molar-refractivity contribution in [1.29, 1.82) is 0 Å². The highest BCUT2D eigenvalue weighted by Crippen LogP contribution is 2.34. The van der Waals surface area contributed by atoms with E-state index in [4.69, 9.17) is 10.5 Å². The lowest BCUT2D eigenvalue weighted by Gasteiger charge is -2.30. The summed E-state index contributed by atoms with van der Waals surface area (Å²) >= 11 is 0. The van der Waals surface area contributed by atoms with Crippen LogP contribution in [0.3, 0.4) is 0 Å². The maximum atomic E-state index is 12.5. The number of nitrogens with two attached hydrogens (primary N) is 1. The minimum Gasteiger partial charge on any atom is -0.376 e. The first kappa shape index (κ1) is 18.9. The molecule has 0 radical (unpaired) electrons. The van der Waals surface area contributed by atoms with Crippen LogP contribution in [0, 0.1) is 0 Å². The Labute approximate surface area is 156 Å². The molecule has 1 atom stereocenters. The Morgan fingerprint density at radius 3 is 2.50 bits per heavy atom. The van der Waals surface area contributed by atoms with Crippen molar-refractivity contribution in [2.75, 3.05) is 13.2 Å². The number of ether oxygens (including phenoxy) is 1. The molecule has 0 bridgehead atoms. The summed E-state index contributed by atoms with van der Waals surface area (Å²) in [6.07, 6.45) is 7.30. The van der Waals surface area contributed by atoms with Gasteiger partial charge >= 0.3 is 0 Å². The number of aryl methyl sites for hydroxylation is 1. The standard InChI is InChI=1S/C22H30N2O2/c1-2-17-9-6-14-24(22(17)25)20(15-23)16-26-21-12-10-19(11-13-21)18-7-4-3-5-8-18/h3-9,14,19-21H,2,10-13,15-16,23H2,1H3. The van der Waals surface area contributed by atoms with Crippen LogP contribution in [0.25, 0.3) is 0 Å². The maximum Gasteiger partial charge on any atom is 0.254 e. The molecule has 0 amide bonds. The molecule has 1 heterocycles. The van der Waals surface area contributed by atoms with E-state index in [9.17, 15) is 4.79 Å². The summed E-state index contributed by atoms with van der Waals surface area (Å²) in [4.78, 5) is 12.5. The zero-order chi connectivity index (χ0) is 18.4. The minimum atomic E-state index is -0.0964. The minimum absolute atomic E-state index is 0.0573. The molecule has 26 heavy (non-hydrogen) atoms. The zero-order valence-corrected chi connectivity index (χ0v) is 15.6. The van der Waals surface area contributed by atoms with Crippen LogP contribution in [0.5, 0.6) is 0 Å². The molecule has 0 aliphatic heterocycles. The van der Waals surface area contributed by atoms with E-state index in [1.54, 1.807) is 4.57 Å². The molecule has 1 aliphatic carbocycles. The summed E-state index contributed by atoms with van der Waals surface area (Å²) in [7, 11) is 0. The highest BCUT2D eigenvalue weighted by molar-refractivity contribution is 5.20. The molecule has 0 saturated heterocycles. The van der Waals surface area contributed by atoms with E-state index in [0.29, 0.717) is 19.1 Å². The second kappa shape index (κ2) is 9.15. The van der Waals surface area contributed by atoms with Gasteiger partial charge in [0.15, 0.2) is 0 Å². The van der Waals surface area contributed by atoms with Gasteiger partial charge in [0.1, 0.15) is 0 Å². The Bertz CT molecular complexity index is 733. The summed E-state index contributed by atoms with van der Waals surface area (Å²) in [5.74, 6) is 0.644. The molecule has 1 saturated carbocycles. The van der Waals surface area contributed by atoms with Gasteiger partial charge in [0.2, 0.25) is 0 Å². The first-order valence-electron chi connectivity index (χ1n) is 9.79. The van der Waals surface area contributed by atoms with Gasteiger partial charge in [-0.2, -0.15) is 0 Å². The van der Waals surface area contributed by atoms with Gasteiger partial charge in [-0.3, -0.25) is 4.79 Å². The third-order valence-corrected chi connectivity index (χ3v) is 5.57. The molecule has 2 aromatic rings. The van der Waals surface area contributed by atoms with Gasteiger partial charge in [-0.25, -0.2) is 0 Å². The molecular weight excluding hydrogens is 324 g/mol. The summed E-state index contributed by atoms with van der Waals surface area (Å²) in [5.41, 5.74) is 8.26. The van der Waals surface area contributed by atoms with Gasteiger partial charge in [0.25, 0.3) is 5.56 Å². The molecule has 0 spiro atoms. The van der Waals surface area contributed by atoms with E-state index in [-0.39, 0.29) is 17.7 Å². The van der Waals surface area contributed by atoms with Crippen molar-refractivity contribution in [3.05, 3.63) is 70.1 Å². The topological polar surface area (TPSA) is 57.2 Å². The summed E-state index contributed by atoms with van der Waals surface area (Å²) in [6, 6.07) is 14.5. The Kier molecular flexibility index (Phi) is 6.64. The van der Waals surface area contributed by atoms with Gasteiger partial charge < -0.3 is 15.0 Å². The van der Waals surface area contributed by atoms with Crippen molar-refractivity contribution in [3.8, 4) is 0 Å². The fraction of sp³-hybridized carbons (Fsp3) is 0.500. The van der Waals surface area contributed by atoms with Crippen LogP contribution in [0.1, 0.15) is 55.7 Å². The second-order valence-electron chi connectivity index (χ2n) is 7.21. The molecule has 140 valence electrons. The van der Waals surface area contributed by atoms with Crippen molar-refractivity contribution < 1.29 is 4.74 Å². The van der Waals surface area contributed by atoms with Crippen LogP contribution in [0.2, 0.25) is 0 Å². The summed E-state index contributed by atoms with van der Waals surface area (Å²) in [6.45, 7) is 2.91. The highest BCUT2D eigenvalue weighted by Gasteiger charge is 2.24. The normalized spacial score (nSPS) is 21.5. The molecule has 1 fully saturated rings. The molecule has 4 nitrogen and oxygen atoms in total. The molecule has 2 N–H and O–H groups in total. The van der Waals surface area contributed by atoms with Crippen molar-refractivity contribution in [3.63, 3.8) is 0 Å². The number of pyridine rings is 1. The van der Waals surface area contributed by atoms with Crippen LogP contribution in [-0.2, 0) is 11.2 Å². The fourth-order valence-electron chi connectivity index (χ4n) is 3.91. The molecular formula is C22H30N2O2. The first-order valence-corrected chi connectivity index (χ1v) is 9.79. The predicted molar refractivity (Wildman–Crippen MR) is 106 cm³/mol. The lowest BCUT2D eigenvalue weighted by Crippen LogP contribution is -2.35. The Morgan fingerprint density at radius 1 is 1.12 bits per heavy atom. The second-order valence-corrected chi connectivity index (χ2v) is 7.21. The molecule has 1 unspecified atom stereocenters. The number of aromatic nitrogens is 1. The van der Waals surface area contributed by atoms with Crippen LogP contribution in [-0.4, -0.2) is 23.8 Å². The smallest absolute Gasteiger partial charge is 0.254 e. The highest BCUT2D eigenvalue weighted by atomic mass is 16.5. The maximum absolute atomic E-state index is 12.5. The van der Waals surface area contributed by atoms with Gasteiger partial charge in [-0.1, -0.05) is 43.3 Å². The van der Waals surface area contributed by atoms with Gasteiger partial charge in [-0.05, 0) is 49.7 Å². The van der Waals surface area contributed by atoms with E-state index in [1.807, 2.05) is 25.3 Å². The van der Waals surface area contributed by atoms with Crippen LogP contribution >= 0.6 is 0 Å². The molecule has 1 aliphatic rings. The Balaban J connectivity index is 1.55.